The van der Waals surface area contributed by atoms with Crippen LogP contribution in [0.3, 0.4) is 0 Å². The first-order chi connectivity index (χ1) is 17.3. The Morgan fingerprint density at radius 2 is 1.58 bits per heavy atom. The fourth-order valence-electron chi connectivity index (χ4n) is 5.29. The Morgan fingerprint density at radius 1 is 0.861 bits per heavy atom. The van der Waals surface area contributed by atoms with Crippen LogP contribution >= 0.6 is 0 Å². The number of halogens is 2. The van der Waals surface area contributed by atoms with Gasteiger partial charge in [-0.3, -0.25) is 13.9 Å². The second-order valence-corrected chi connectivity index (χ2v) is 9.05. The number of para-hydroxylation sites is 2. The molecule has 1 unspecified atom stereocenters. The molecule has 1 aliphatic rings. The van der Waals surface area contributed by atoms with Crippen LogP contribution < -0.4 is 16.6 Å². The van der Waals surface area contributed by atoms with Gasteiger partial charge in [0.2, 0.25) is 0 Å². The van der Waals surface area contributed by atoms with Gasteiger partial charge in [-0.05, 0) is 30.7 Å². The highest BCUT2D eigenvalue weighted by molar-refractivity contribution is 5.99. The van der Waals surface area contributed by atoms with Gasteiger partial charge in [-0.25, -0.2) is 13.6 Å². The largest absolute Gasteiger partial charge is 0.371 e. The van der Waals surface area contributed by atoms with Gasteiger partial charge >= 0.3 is 5.69 Å². The van der Waals surface area contributed by atoms with Gasteiger partial charge in [-0.1, -0.05) is 48.5 Å². The number of hydrogen-bond donors (Lipinski definition) is 1. The van der Waals surface area contributed by atoms with E-state index in [0.717, 1.165) is 27.4 Å². The highest BCUT2D eigenvalue weighted by atomic mass is 19.2. The van der Waals surface area contributed by atoms with Gasteiger partial charge in [0.05, 0.1) is 39.7 Å². The molecule has 0 amide bonds. The lowest BCUT2D eigenvalue weighted by Crippen LogP contribution is -2.37. The smallest absolute Gasteiger partial charge is 0.331 e. The molecule has 6 rings (SSSR count). The number of nitrogens with zero attached hydrogens (tertiary/aromatic N) is 3. The Hall–Kier alpha value is -4.46. The second-order valence-electron chi connectivity index (χ2n) is 9.05. The zero-order valence-electron chi connectivity index (χ0n) is 19.8. The first-order valence-corrected chi connectivity index (χ1v) is 11.5. The zero-order chi connectivity index (χ0) is 25.3. The summed E-state index contributed by atoms with van der Waals surface area (Å²) < 4.78 is 34.0. The third-order valence-electron chi connectivity index (χ3n) is 7.02. The SMILES string of the molecule is Cc1ccccc1-c1c2c(=O)n(C)c(=O)n(C)c2c2n1-c1ccccc1NC2c1cccc(F)c1F. The minimum Gasteiger partial charge on any atom is -0.371 e. The Morgan fingerprint density at radius 3 is 2.36 bits per heavy atom. The zero-order valence-corrected chi connectivity index (χ0v) is 19.8. The van der Waals surface area contributed by atoms with Crippen LogP contribution in [-0.4, -0.2) is 13.7 Å². The summed E-state index contributed by atoms with van der Waals surface area (Å²) >= 11 is 0. The lowest BCUT2D eigenvalue weighted by Gasteiger charge is -2.31. The van der Waals surface area contributed by atoms with Gasteiger partial charge in [0.1, 0.15) is 0 Å². The minimum absolute atomic E-state index is 0.0783. The fourth-order valence-corrected chi connectivity index (χ4v) is 5.29. The molecule has 0 saturated heterocycles. The van der Waals surface area contributed by atoms with E-state index in [4.69, 9.17) is 0 Å². The van der Waals surface area contributed by atoms with E-state index in [1.165, 1.54) is 23.7 Å². The van der Waals surface area contributed by atoms with Crippen molar-refractivity contribution in [3.63, 3.8) is 0 Å². The number of aromatic nitrogens is 3. The van der Waals surface area contributed by atoms with Crippen molar-refractivity contribution in [2.45, 2.75) is 13.0 Å². The summed E-state index contributed by atoms with van der Waals surface area (Å²) in [6.45, 7) is 1.95. The van der Waals surface area contributed by atoms with Crippen LogP contribution in [-0.2, 0) is 14.1 Å². The number of rotatable bonds is 2. The fraction of sp³-hybridized carbons (Fsp3) is 0.143. The predicted octanol–water partition coefficient (Wildman–Crippen LogP) is 4.80. The molecule has 1 N–H and O–H groups in total. The van der Waals surface area contributed by atoms with E-state index in [0.29, 0.717) is 28.0 Å². The highest BCUT2D eigenvalue weighted by Gasteiger charge is 2.36. The summed E-state index contributed by atoms with van der Waals surface area (Å²) in [6.07, 6.45) is 0. The van der Waals surface area contributed by atoms with Crippen LogP contribution in [0.4, 0.5) is 14.5 Å². The molecule has 0 spiro atoms. The molecule has 1 aliphatic heterocycles. The first kappa shape index (κ1) is 22.0. The third-order valence-corrected chi connectivity index (χ3v) is 7.02. The van der Waals surface area contributed by atoms with Crippen LogP contribution in [0.1, 0.15) is 22.9 Å². The quantitative estimate of drug-likeness (QED) is 0.392. The van der Waals surface area contributed by atoms with Crippen molar-refractivity contribution in [3.8, 4) is 16.9 Å². The van der Waals surface area contributed by atoms with Crippen molar-refractivity contribution in [1.29, 1.82) is 0 Å². The Kier molecular flexibility index (Phi) is 4.76. The van der Waals surface area contributed by atoms with Crippen LogP contribution in [0.5, 0.6) is 0 Å². The number of aryl methyl sites for hydroxylation is 2. The van der Waals surface area contributed by atoms with Gasteiger partial charge in [0.25, 0.3) is 5.56 Å². The first-order valence-electron chi connectivity index (χ1n) is 11.5. The summed E-state index contributed by atoms with van der Waals surface area (Å²) in [7, 11) is 3.03. The van der Waals surface area contributed by atoms with Crippen LogP contribution in [0.15, 0.2) is 76.3 Å². The summed E-state index contributed by atoms with van der Waals surface area (Å²) in [5, 5.41) is 3.68. The van der Waals surface area contributed by atoms with Crippen LogP contribution in [0.2, 0.25) is 0 Å². The van der Waals surface area contributed by atoms with Gasteiger partial charge in [-0.15, -0.1) is 0 Å². The molecule has 0 fully saturated rings. The van der Waals surface area contributed by atoms with Gasteiger partial charge in [0, 0.05) is 25.2 Å². The molecule has 0 radical (unpaired) electrons. The van der Waals surface area contributed by atoms with E-state index in [-0.39, 0.29) is 5.56 Å². The molecule has 0 bridgehead atoms. The molecule has 3 aromatic carbocycles. The average molecular weight is 485 g/mol. The maximum Gasteiger partial charge on any atom is 0.331 e. The van der Waals surface area contributed by atoms with Gasteiger partial charge < -0.3 is 9.88 Å². The predicted molar refractivity (Wildman–Crippen MR) is 136 cm³/mol. The molecule has 5 aromatic rings. The normalized spacial score (nSPS) is 14.4. The van der Waals surface area contributed by atoms with Crippen LogP contribution in [0, 0.1) is 18.6 Å². The van der Waals surface area contributed by atoms with Crippen molar-refractivity contribution < 1.29 is 8.78 Å². The average Bonchev–Trinajstić information content (AvgIpc) is 3.24. The molecule has 1 atom stereocenters. The van der Waals surface area contributed by atoms with Crippen molar-refractivity contribution in [1.82, 2.24) is 13.7 Å². The topological polar surface area (TPSA) is 61.0 Å². The summed E-state index contributed by atoms with van der Waals surface area (Å²) in [6, 6.07) is 18.3. The van der Waals surface area contributed by atoms with Crippen LogP contribution in [0.25, 0.3) is 27.8 Å². The van der Waals surface area contributed by atoms with Crippen molar-refractivity contribution >= 4 is 16.6 Å². The molecule has 180 valence electrons. The number of nitrogens with one attached hydrogen (secondary N) is 1. The summed E-state index contributed by atoms with van der Waals surface area (Å²) in [5.41, 5.74) is 3.75. The Labute approximate surface area is 204 Å². The van der Waals surface area contributed by atoms with E-state index < -0.39 is 28.9 Å². The van der Waals surface area contributed by atoms with Gasteiger partial charge in [-0.2, -0.15) is 0 Å². The molecule has 36 heavy (non-hydrogen) atoms. The molecule has 0 saturated carbocycles. The molecule has 8 heteroatoms. The van der Waals surface area contributed by atoms with E-state index in [9.17, 15) is 14.0 Å². The Bertz CT molecular complexity index is 1830. The number of anilines is 1. The maximum absolute atomic E-state index is 15.2. The second kappa shape index (κ2) is 7.78. The molecular weight excluding hydrogens is 462 g/mol. The van der Waals surface area contributed by atoms with E-state index in [1.54, 1.807) is 7.05 Å². The number of benzene rings is 3. The maximum atomic E-state index is 15.2. The van der Waals surface area contributed by atoms with Crippen molar-refractivity contribution in [2.75, 3.05) is 5.32 Å². The monoisotopic (exact) mass is 484 g/mol. The van der Waals surface area contributed by atoms with E-state index >= 15 is 4.39 Å². The highest BCUT2D eigenvalue weighted by Crippen LogP contribution is 2.46. The molecule has 6 nitrogen and oxygen atoms in total. The third kappa shape index (κ3) is 2.87. The molecule has 3 heterocycles. The number of fused-ring (bicyclic) bond motifs is 5. The van der Waals surface area contributed by atoms with E-state index in [1.807, 2.05) is 60.0 Å². The lowest BCUT2D eigenvalue weighted by molar-refractivity contribution is 0.495. The minimum atomic E-state index is -0.985. The summed E-state index contributed by atoms with van der Waals surface area (Å²) in [5.74, 6) is -1.96. The van der Waals surface area contributed by atoms with Gasteiger partial charge in [0.15, 0.2) is 11.6 Å². The van der Waals surface area contributed by atoms with Crippen molar-refractivity contribution in [3.05, 3.63) is 116 Å². The number of hydrogen-bond acceptors (Lipinski definition) is 3. The molecular formula is C28H22F2N4O2. The van der Waals surface area contributed by atoms with E-state index in [2.05, 4.69) is 5.32 Å². The molecule has 0 aliphatic carbocycles. The summed E-state index contributed by atoms with van der Waals surface area (Å²) in [4.78, 5) is 26.8. The molecule has 2 aromatic heterocycles. The van der Waals surface area contributed by atoms with Crippen molar-refractivity contribution in [2.24, 2.45) is 14.1 Å². The standard InChI is InChI=1S/C28H22F2N4O2/c1-15-9-4-5-10-16(15)24-21-25(32(2)28(36)33(3)27(21)35)26-23(17-11-8-12-18(29)22(17)30)31-19-13-6-7-14-20(19)34(24)26/h4-14,23,31H,1-3H3. The Balaban J connectivity index is 1.90. The lowest BCUT2D eigenvalue weighted by atomic mass is 9.98.